The molecule has 0 fully saturated rings. The topological polar surface area (TPSA) is 64.6 Å². The van der Waals surface area contributed by atoms with Gasteiger partial charge in [-0.1, -0.05) is 64.3 Å². The van der Waals surface area contributed by atoms with Crippen LogP contribution in [-0.2, 0) is 25.2 Å². The minimum atomic E-state index is -0.608. The number of terminal acetylenes is 1. The number of carbonyl (C=O) groups excluding carboxylic acids is 2. The molecule has 1 rings (SSSR count). The fourth-order valence-electron chi connectivity index (χ4n) is 3.37. The molecule has 0 aromatic heterocycles. The second kappa shape index (κ2) is 11.6. The number of rotatable bonds is 11. The summed E-state index contributed by atoms with van der Waals surface area (Å²) in [7, 11) is 0. The third-order valence-corrected chi connectivity index (χ3v) is 5.41. The van der Waals surface area contributed by atoms with E-state index in [2.05, 4.69) is 44.1 Å². The molecular weight excluding hydrogens is 378 g/mol. The maximum Gasteiger partial charge on any atom is 0.408 e. The first-order valence-corrected chi connectivity index (χ1v) is 10.7. The molecule has 5 heteroatoms. The van der Waals surface area contributed by atoms with Gasteiger partial charge in [0.15, 0.2) is 6.61 Å². The molecule has 5 nitrogen and oxygen atoms in total. The predicted octanol–water partition coefficient (Wildman–Crippen LogP) is 5.32. The Kier molecular flexibility index (Phi) is 9.92. The van der Waals surface area contributed by atoms with Crippen molar-refractivity contribution in [2.75, 3.05) is 13.2 Å². The molecule has 0 saturated carbocycles. The van der Waals surface area contributed by atoms with Crippen LogP contribution in [0, 0.1) is 18.3 Å². The zero-order valence-corrected chi connectivity index (χ0v) is 19.3. The van der Waals surface area contributed by atoms with Crippen molar-refractivity contribution in [1.29, 1.82) is 0 Å². The summed E-state index contributed by atoms with van der Waals surface area (Å²) in [6.45, 7) is 12.6. The van der Waals surface area contributed by atoms with Crippen LogP contribution in [0.4, 0.5) is 4.79 Å². The summed E-state index contributed by atoms with van der Waals surface area (Å²) < 4.78 is 10.4. The fourth-order valence-corrected chi connectivity index (χ4v) is 3.37. The number of hydrogen-bond acceptors (Lipinski definition) is 4. The lowest BCUT2D eigenvalue weighted by atomic mass is 9.75. The summed E-state index contributed by atoms with van der Waals surface area (Å²) in [5.74, 6) is 2.04. The summed E-state index contributed by atoms with van der Waals surface area (Å²) in [5, 5.41) is 2.83. The zero-order valence-electron chi connectivity index (χ0n) is 19.3. The SMILES string of the molecule is C#CCOC(=O)NC(C)(C)c1ccc(C(C)(C)CC(CC)C(=O)OCCCC)cc1. The molecular formula is C25H37NO4. The van der Waals surface area contributed by atoms with E-state index in [4.69, 9.17) is 15.9 Å². The normalized spacial score (nSPS) is 12.6. The van der Waals surface area contributed by atoms with Crippen molar-refractivity contribution in [2.45, 2.75) is 78.2 Å². The Balaban J connectivity index is 2.85. The second-order valence-electron chi connectivity index (χ2n) is 8.82. The van der Waals surface area contributed by atoms with Crippen LogP contribution in [0.5, 0.6) is 0 Å². The minimum Gasteiger partial charge on any atom is -0.465 e. The first kappa shape index (κ1) is 25.6. The van der Waals surface area contributed by atoms with Crippen LogP contribution >= 0.6 is 0 Å². The zero-order chi connectivity index (χ0) is 22.8. The molecule has 166 valence electrons. The first-order chi connectivity index (χ1) is 14.1. The van der Waals surface area contributed by atoms with Crippen molar-refractivity contribution >= 4 is 12.1 Å². The highest BCUT2D eigenvalue weighted by Crippen LogP contribution is 2.33. The third kappa shape index (κ3) is 7.74. The van der Waals surface area contributed by atoms with Gasteiger partial charge in [0, 0.05) is 0 Å². The Morgan fingerprint density at radius 3 is 2.20 bits per heavy atom. The van der Waals surface area contributed by atoms with Gasteiger partial charge in [-0.25, -0.2) is 4.79 Å². The second-order valence-corrected chi connectivity index (χ2v) is 8.82. The van der Waals surface area contributed by atoms with E-state index in [0.717, 1.165) is 30.4 Å². The van der Waals surface area contributed by atoms with Gasteiger partial charge in [0.2, 0.25) is 0 Å². The van der Waals surface area contributed by atoms with Gasteiger partial charge in [0.25, 0.3) is 0 Å². The van der Waals surface area contributed by atoms with Gasteiger partial charge in [0.1, 0.15) is 0 Å². The molecule has 0 aliphatic heterocycles. The number of nitrogens with one attached hydrogen (secondary N) is 1. The van der Waals surface area contributed by atoms with Crippen LogP contribution in [-0.4, -0.2) is 25.3 Å². The molecule has 1 amide bonds. The molecule has 0 heterocycles. The molecule has 1 N–H and O–H groups in total. The number of carbonyl (C=O) groups is 2. The van der Waals surface area contributed by atoms with E-state index in [-0.39, 0.29) is 23.9 Å². The molecule has 0 aliphatic carbocycles. The van der Waals surface area contributed by atoms with Crippen molar-refractivity contribution in [3.05, 3.63) is 35.4 Å². The fraction of sp³-hybridized carbons (Fsp3) is 0.600. The average Bonchev–Trinajstić information content (AvgIpc) is 2.70. The summed E-state index contributed by atoms with van der Waals surface area (Å²) in [6, 6.07) is 8.11. The average molecular weight is 416 g/mol. The third-order valence-electron chi connectivity index (χ3n) is 5.41. The van der Waals surface area contributed by atoms with Gasteiger partial charge < -0.3 is 14.8 Å². The Hall–Kier alpha value is -2.48. The molecule has 0 saturated heterocycles. The Morgan fingerprint density at radius 1 is 1.07 bits per heavy atom. The van der Waals surface area contributed by atoms with Crippen LogP contribution in [0.3, 0.4) is 0 Å². The highest BCUT2D eigenvalue weighted by Gasteiger charge is 2.30. The number of amides is 1. The molecule has 0 radical (unpaired) electrons. The van der Waals surface area contributed by atoms with Gasteiger partial charge in [0.05, 0.1) is 18.1 Å². The van der Waals surface area contributed by atoms with Gasteiger partial charge in [-0.05, 0) is 49.7 Å². The van der Waals surface area contributed by atoms with E-state index in [0.29, 0.717) is 13.0 Å². The van der Waals surface area contributed by atoms with Crippen LogP contribution in [0.1, 0.15) is 78.4 Å². The maximum atomic E-state index is 12.4. The van der Waals surface area contributed by atoms with Crippen molar-refractivity contribution in [3.63, 3.8) is 0 Å². The quantitative estimate of drug-likeness (QED) is 0.302. The van der Waals surface area contributed by atoms with Crippen LogP contribution in [0.25, 0.3) is 0 Å². The van der Waals surface area contributed by atoms with E-state index in [1.54, 1.807) is 0 Å². The molecule has 1 atom stereocenters. The van der Waals surface area contributed by atoms with Crippen LogP contribution in [0.2, 0.25) is 0 Å². The Morgan fingerprint density at radius 2 is 1.67 bits per heavy atom. The number of benzene rings is 1. The number of ether oxygens (including phenoxy) is 2. The molecule has 0 spiro atoms. The van der Waals surface area contributed by atoms with Gasteiger partial charge in [-0.15, -0.1) is 6.42 Å². The highest BCUT2D eigenvalue weighted by atomic mass is 16.5. The van der Waals surface area contributed by atoms with Gasteiger partial charge in [-0.3, -0.25) is 4.79 Å². The molecule has 1 aromatic rings. The van der Waals surface area contributed by atoms with Gasteiger partial charge in [-0.2, -0.15) is 0 Å². The largest absolute Gasteiger partial charge is 0.465 e. The monoisotopic (exact) mass is 415 g/mol. The Bertz CT molecular complexity index is 729. The lowest BCUT2D eigenvalue weighted by molar-refractivity contribution is -0.149. The molecule has 30 heavy (non-hydrogen) atoms. The number of esters is 1. The lowest BCUT2D eigenvalue weighted by Crippen LogP contribution is -2.41. The first-order valence-electron chi connectivity index (χ1n) is 10.7. The van der Waals surface area contributed by atoms with E-state index in [1.807, 2.05) is 32.9 Å². The van der Waals surface area contributed by atoms with Crippen LogP contribution < -0.4 is 5.32 Å². The summed E-state index contributed by atoms with van der Waals surface area (Å²) in [6.07, 6.45) is 7.95. The molecule has 0 bridgehead atoms. The van der Waals surface area contributed by atoms with Crippen molar-refractivity contribution in [2.24, 2.45) is 5.92 Å². The summed E-state index contributed by atoms with van der Waals surface area (Å²) in [5.41, 5.74) is 1.29. The van der Waals surface area contributed by atoms with E-state index >= 15 is 0 Å². The molecule has 1 aromatic carbocycles. The number of alkyl carbamates (subject to hydrolysis) is 1. The van der Waals surface area contributed by atoms with Gasteiger partial charge >= 0.3 is 12.1 Å². The minimum absolute atomic E-state index is 0.0610. The standard InChI is InChI=1S/C25H37NO4/c1-8-11-17-29-22(27)19(10-3)18-24(4,5)20-12-14-21(15-13-20)25(6,7)26-23(28)30-16-9-2/h2,12-15,19H,8,10-11,16-18H2,1,3-7H3,(H,26,28). The van der Waals surface area contributed by atoms with E-state index in [9.17, 15) is 9.59 Å². The predicted molar refractivity (Wildman–Crippen MR) is 120 cm³/mol. The van der Waals surface area contributed by atoms with E-state index < -0.39 is 11.6 Å². The summed E-state index contributed by atoms with van der Waals surface area (Å²) >= 11 is 0. The smallest absolute Gasteiger partial charge is 0.408 e. The van der Waals surface area contributed by atoms with E-state index in [1.165, 1.54) is 0 Å². The summed E-state index contributed by atoms with van der Waals surface area (Å²) in [4.78, 5) is 24.3. The molecule has 1 unspecified atom stereocenters. The van der Waals surface area contributed by atoms with Crippen molar-refractivity contribution in [3.8, 4) is 12.3 Å². The van der Waals surface area contributed by atoms with Crippen molar-refractivity contribution < 1.29 is 19.1 Å². The molecule has 0 aliphatic rings. The Labute approximate surface area is 181 Å². The number of unbranched alkanes of at least 4 members (excludes halogenated alkanes) is 1. The van der Waals surface area contributed by atoms with Crippen molar-refractivity contribution in [1.82, 2.24) is 5.32 Å². The highest BCUT2D eigenvalue weighted by molar-refractivity contribution is 5.72. The van der Waals surface area contributed by atoms with Crippen LogP contribution in [0.15, 0.2) is 24.3 Å². The number of hydrogen-bond donors (Lipinski definition) is 1. The maximum absolute atomic E-state index is 12.4. The lowest BCUT2D eigenvalue weighted by Gasteiger charge is -2.31.